The van der Waals surface area contributed by atoms with Crippen LogP contribution in [0, 0.1) is 11.8 Å². The summed E-state index contributed by atoms with van der Waals surface area (Å²) in [7, 11) is -4.80. The number of benzene rings is 6. The fraction of sp³-hybridized carbons (Fsp3) is 0.0645. The van der Waals surface area contributed by atoms with Crippen LogP contribution in [0.2, 0.25) is 0 Å². The van der Waals surface area contributed by atoms with Crippen molar-refractivity contribution in [3.05, 3.63) is 252 Å². The Hall–Kier alpha value is -9.40. The minimum Gasteiger partial charge on any atom is -0.469 e. The molecular weight excluding hydrogens is 1050 g/mol. The van der Waals surface area contributed by atoms with Gasteiger partial charge in [0.2, 0.25) is 11.8 Å². The molecule has 16 nitrogen and oxygen atoms in total. The second kappa shape index (κ2) is 22.9. The molecule has 0 fully saturated rings. The fourth-order valence-corrected chi connectivity index (χ4v) is 10.5. The van der Waals surface area contributed by atoms with Crippen LogP contribution in [0.15, 0.2) is 239 Å². The minimum atomic E-state index is -4.80. The zero-order chi connectivity index (χ0) is 54.4. The maximum absolute atomic E-state index is 13.1. The highest BCUT2D eigenvalue weighted by molar-refractivity contribution is 7.94. The molecule has 12 rings (SSSR count). The highest BCUT2D eigenvalue weighted by Crippen LogP contribution is 2.36. The molecule has 0 amide bonds. The molecule has 0 radical (unpaired) electrons. The van der Waals surface area contributed by atoms with Gasteiger partial charge in [-0.3, -0.25) is 4.55 Å². The first kappa shape index (κ1) is 51.4. The van der Waals surface area contributed by atoms with E-state index in [9.17, 15) is 18.2 Å². The average Bonchev–Trinajstić information content (AvgIpc) is 3.46. The lowest BCUT2D eigenvalue weighted by molar-refractivity contribution is -0.432. The number of ether oxygens (including phenoxy) is 4. The lowest BCUT2D eigenvalue weighted by Crippen LogP contribution is -2.10. The molecule has 396 valence electrons. The largest absolute Gasteiger partial charge is 0.469 e. The van der Waals surface area contributed by atoms with Crippen LogP contribution in [0.3, 0.4) is 0 Å². The standard InChI is InChI=1S/C62H46N6O10S2/c69-77-78-79-55-31-49(63-59-35-61(75-51-25-21-39-9-1-3-11-43(39)27-51)67-57(65-59)33-53-29-45-13-5-7-15-47(45)37-73-53)23-19-41(55)17-18-42-20-24-50(32-56(42)80(70,71)72)64-60-36-62(76-52-26-22-40-10-2-4-12-44(40)28-52)68-58(66-60)34-54-30-46-14-6-8-16-48(46)38-74-54/h1-32,35-38,45-46,69H,33-34H2,(H,63,65,67)(H,64,66,68)(H,70,71,72). The number of anilines is 4. The number of aromatic nitrogens is 4. The maximum atomic E-state index is 13.1. The second-order valence-electron chi connectivity index (χ2n) is 18.7. The van der Waals surface area contributed by atoms with Crippen LogP contribution < -0.4 is 20.1 Å². The normalized spacial score (nSPS) is 16.2. The zero-order valence-electron chi connectivity index (χ0n) is 42.1. The van der Waals surface area contributed by atoms with Crippen molar-refractivity contribution in [3.63, 3.8) is 0 Å². The third-order valence-electron chi connectivity index (χ3n) is 13.1. The van der Waals surface area contributed by atoms with Crippen molar-refractivity contribution in [2.45, 2.75) is 22.6 Å². The SMILES string of the molecule is O=S(=O)(O)c1cc(Nc2cc(Oc3ccc4ccccc4c3)nc(CC3=CC4C=CC=CC4=CO3)n2)ccc1C=Cc1ccc(Nc2cc(Oc3ccc4ccccc4c3)nc(CC3=CC4C=CC=CC4=CO3)n2)cc1SOOO. The molecule has 2 unspecified atom stereocenters. The third kappa shape index (κ3) is 12.3. The van der Waals surface area contributed by atoms with Gasteiger partial charge in [-0.05, 0) is 105 Å². The first-order chi connectivity index (χ1) is 39.1. The first-order valence-corrected chi connectivity index (χ1v) is 27.3. The van der Waals surface area contributed by atoms with Gasteiger partial charge in [0, 0.05) is 40.2 Å². The quantitative estimate of drug-likeness (QED) is 0.0207. The van der Waals surface area contributed by atoms with Crippen LogP contribution in [0.1, 0.15) is 22.8 Å². The van der Waals surface area contributed by atoms with Crippen LogP contribution in [0.25, 0.3) is 33.7 Å². The van der Waals surface area contributed by atoms with E-state index in [4.69, 9.17) is 43.2 Å². The Kier molecular flexibility index (Phi) is 14.7. The fourth-order valence-electron chi connectivity index (χ4n) is 9.33. The van der Waals surface area contributed by atoms with Gasteiger partial charge in [-0.1, -0.05) is 139 Å². The van der Waals surface area contributed by atoms with Crippen LogP contribution in [0.5, 0.6) is 23.3 Å². The van der Waals surface area contributed by atoms with E-state index in [2.05, 4.69) is 27.8 Å². The summed E-state index contributed by atoms with van der Waals surface area (Å²) in [5.41, 5.74) is 3.59. The van der Waals surface area contributed by atoms with Crippen molar-refractivity contribution < 1.29 is 46.5 Å². The van der Waals surface area contributed by atoms with E-state index in [1.54, 1.807) is 61.1 Å². The topological polar surface area (TPSA) is 206 Å². The van der Waals surface area contributed by atoms with Gasteiger partial charge < -0.3 is 29.6 Å². The van der Waals surface area contributed by atoms with Gasteiger partial charge in [0.25, 0.3) is 10.1 Å². The van der Waals surface area contributed by atoms with Crippen molar-refractivity contribution in [3.8, 4) is 23.3 Å². The van der Waals surface area contributed by atoms with Crippen molar-refractivity contribution in [2.24, 2.45) is 11.8 Å². The predicted octanol–water partition coefficient (Wildman–Crippen LogP) is 14.7. The number of hydrogen-bond donors (Lipinski definition) is 4. The molecule has 4 heterocycles. The van der Waals surface area contributed by atoms with Gasteiger partial charge in [0.15, 0.2) is 0 Å². The van der Waals surface area contributed by atoms with E-state index in [0.29, 0.717) is 74.4 Å². The Labute approximate surface area is 463 Å². The molecule has 0 saturated heterocycles. The van der Waals surface area contributed by atoms with Crippen molar-refractivity contribution in [2.75, 3.05) is 10.6 Å². The average molecular weight is 1100 g/mol. The van der Waals surface area contributed by atoms with Gasteiger partial charge >= 0.3 is 0 Å². The number of nitrogens with one attached hydrogen (secondary N) is 2. The molecule has 18 heteroatoms. The molecule has 80 heavy (non-hydrogen) atoms. The Morgan fingerprint density at radius 3 is 1.62 bits per heavy atom. The third-order valence-corrected chi connectivity index (χ3v) is 14.7. The van der Waals surface area contributed by atoms with Crippen LogP contribution in [0.4, 0.5) is 23.0 Å². The minimum absolute atomic E-state index is 0.0433. The van der Waals surface area contributed by atoms with Crippen LogP contribution >= 0.6 is 12.0 Å². The van der Waals surface area contributed by atoms with Crippen molar-refractivity contribution in [1.29, 1.82) is 0 Å². The molecule has 2 aliphatic carbocycles. The summed E-state index contributed by atoms with van der Waals surface area (Å²) in [5, 5.41) is 23.8. The Morgan fingerprint density at radius 1 is 0.575 bits per heavy atom. The number of nitrogens with zero attached hydrogens (tertiary/aromatic N) is 4. The van der Waals surface area contributed by atoms with Gasteiger partial charge in [-0.2, -0.15) is 18.4 Å². The Morgan fingerprint density at radius 2 is 1.09 bits per heavy atom. The van der Waals surface area contributed by atoms with E-state index in [0.717, 1.165) is 32.7 Å². The molecule has 2 atom stereocenters. The lowest BCUT2D eigenvalue weighted by atomic mass is 9.93. The summed E-state index contributed by atoms with van der Waals surface area (Å²) in [6.45, 7) is 0. The van der Waals surface area contributed by atoms with Gasteiger partial charge in [-0.15, -0.1) is 4.33 Å². The molecule has 0 saturated carbocycles. The number of rotatable bonds is 18. The Bertz CT molecular complexity index is 4150. The number of fused-ring (bicyclic) bond motifs is 4. The highest BCUT2D eigenvalue weighted by Gasteiger charge is 2.22. The van der Waals surface area contributed by atoms with Crippen LogP contribution in [-0.2, 0) is 41.8 Å². The highest BCUT2D eigenvalue weighted by atomic mass is 32.2. The summed E-state index contributed by atoms with van der Waals surface area (Å²) < 4.78 is 66.4. The molecule has 4 N–H and O–H groups in total. The van der Waals surface area contributed by atoms with Crippen molar-refractivity contribution in [1.82, 2.24) is 19.9 Å². The zero-order valence-corrected chi connectivity index (χ0v) is 43.8. The van der Waals surface area contributed by atoms with E-state index < -0.39 is 10.1 Å². The number of allylic oxidation sites excluding steroid dienone is 14. The molecule has 4 aliphatic rings. The predicted molar refractivity (Wildman–Crippen MR) is 306 cm³/mol. The molecule has 2 aromatic heterocycles. The van der Waals surface area contributed by atoms with E-state index in [1.165, 1.54) is 12.1 Å². The molecule has 0 bridgehead atoms. The summed E-state index contributed by atoms with van der Waals surface area (Å²) in [5.74, 6) is 4.57. The molecule has 0 spiro atoms. The van der Waals surface area contributed by atoms with Gasteiger partial charge in [0.05, 0.1) is 37.4 Å². The molecular formula is C62H46N6O10S2. The summed E-state index contributed by atoms with van der Waals surface area (Å²) in [6.07, 6.45) is 27.2. The van der Waals surface area contributed by atoms with E-state index >= 15 is 0 Å². The smallest absolute Gasteiger partial charge is 0.295 e. The lowest BCUT2D eigenvalue weighted by Gasteiger charge is -2.20. The summed E-state index contributed by atoms with van der Waals surface area (Å²) in [6, 6.07) is 40.4. The first-order valence-electron chi connectivity index (χ1n) is 25.2. The number of hydrogen-bond acceptors (Lipinski definition) is 16. The molecule has 2 aliphatic heterocycles. The summed E-state index contributed by atoms with van der Waals surface area (Å²) >= 11 is 0.700. The van der Waals surface area contributed by atoms with Gasteiger partial charge in [-0.25, -0.2) is 15.2 Å². The Balaban J connectivity index is 0.809. The summed E-state index contributed by atoms with van der Waals surface area (Å²) in [4.78, 5) is 19.2. The van der Waals surface area contributed by atoms with E-state index in [1.807, 2.05) is 134 Å². The maximum Gasteiger partial charge on any atom is 0.295 e. The van der Waals surface area contributed by atoms with Gasteiger partial charge in [0.1, 0.15) is 51.2 Å². The van der Waals surface area contributed by atoms with E-state index in [-0.39, 0.29) is 52.7 Å². The second-order valence-corrected chi connectivity index (χ2v) is 20.8. The van der Waals surface area contributed by atoms with Crippen LogP contribution in [-0.4, -0.2) is 38.2 Å². The monoisotopic (exact) mass is 1100 g/mol. The molecule has 6 aromatic carbocycles. The molecule has 8 aromatic rings. The van der Waals surface area contributed by atoms with Crippen molar-refractivity contribution >= 4 is 78.9 Å².